The molecule has 0 aliphatic carbocycles. The Bertz CT molecular complexity index is 186. The minimum atomic E-state index is 0.797. The van der Waals surface area contributed by atoms with Crippen LogP contribution in [0.5, 0.6) is 0 Å². The summed E-state index contributed by atoms with van der Waals surface area (Å²) in [6.45, 7) is 9.72. The molecule has 0 aromatic heterocycles. The average molecular weight is 268 g/mol. The van der Waals surface area contributed by atoms with E-state index in [4.69, 9.17) is 0 Å². The summed E-state index contributed by atoms with van der Waals surface area (Å²) >= 11 is 0. The Morgan fingerprint density at radius 3 is 2.11 bits per heavy atom. The maximum Gasteiger partial charge on any atom is 0.00914 e. The van der Waals surface area contributed by atoms with Crippen LogP contribution in [-0.4, -0.2) is 37.1 Å². The maximum atomic E-state index is 3.66. The number of hydrogen-bond acceptors (Lipinski definition) is 2. The van der Waals surface area contributed by atoms with Crippen LogP contribution in [0, 0.1) is 0 Å². The standard InChI is InChI=1S/C17H36N2/c1-3-5-6-7-8-9-10-14-19-15-11-17(12-16-19)18-13-4-2/h17-18H,3-16H2,1-2H3. The molecule has 114 valence electrons. The summed E-state index contributed by atoms with van der Waals surface area (Å²) in [7, 11) is 0. The molecule has 1 saturated heterocycles. The molecule has 0 saturated carbocycles. The van der Waals surface area contributed by atoms with Gasteiger partial charge in [-0.25, -0.2) is 0 Å². The van der Waals surface area contributed by atoms with Gasteiger partial charge in [-0.2, -0.15) is 0 Å². The highest BCUT2D eigenvalue weighted by Gasteiger charge is 2.17. The van der Waals surface area contributed by atoms with Gasteiger partial charge in [-0.05, 0) is 51.9 Å². The second-order valence-electron chi connectivity index (χ2n) is 6.19. The van der Waals surface area contributed by atoms with E-state index < -0.39 is 0 Å². The highest BCUT2D eigenvalue weighted by atomic mass is 15.1. The summed E-state index contributed by atoms with van der Waals surface area (Å²) in [5.74, 6) is 0. The van der Waals surface area contributed by atoms with Gasteiger partial charge in [0.2, 0.25) is 0 Å². The van der Waals surface area contributed by atoms with Crippen molar-refractivity contribution in [1.82, 2.24) is 10.2 Å². The zero-order valence-corrected chi connectivity index (χ0v) is 13.4. The molecule has 0 atom stereocenters. The molecule has 0 amide bonds. The highest BCUT2D eigenvalue weighted by molar-refractivity contribution is 4.76. The lowest BCUT2D eigenvalue weighted by atomic mass is 10.0. The van der Waals surface area contributed by atoms with Crippen LogP contribution in [-0.2, 0) is 0 Å². The van der Waals surface area contributed by atoms with Crippen molar-refractivity contribution in [3.05, 3.63) is 0 Å². The van der Waals surface area contributed by atoms with Crippen LogP contribution < -0.4 is 5.32 Å². The quantitative estimate of drug-likeness (QED) is 0.565. The van der Waals surface area contributed by atoms with E-state index in [2.05, 4.69) is 24.1 Å². The third-order valence-corrected chi connectivity index (χ3v) is 4.35. The van der Waals surface area contributed by atoms with Crippen molar-refractivity contribution in [1.29, 1.82) is 0 Å². The Morgan fingerprint density at radius 2 is 1.47 bits per heavy atom. The molecule has 0 radical (unpaired) electrons. The maximum absolute atomic E-state index is 3.66. The summed E-state index contributed by atoms with van der Waals surface area (Å²) < 4.78 is 0. The molecule has 1 fully saturated rings. The van der Waals surface area contributed by atoms with Crippen LogP contribution in [0.1, 0.15) is 78.1 Å². The molecule has 1 N–H and O–H groups in total. The fourth-order valence-corrected chi connectivity index (χ4v) is 3.00. The molecule has 0 aromatic carbocycles. The predicted molar refractivity (Wildman–Crippen MR) is 85.7 cm³/mol. The molecule has 2 nitrogen and oxygen atoms in total. The van der Waals surface area contributed by atoms with Crippen molar-refractivity contribution in [2.24, 2.45) is 0 Å². The van der Waals surface area contributed by atoms with Gasteiger partial charge in [-0.15, -0.1) is 0 Å². The van der Waals surface area contributed by atoms with Crippen molar-refractivity contribution >= 4 is 0 Å². The van der Waals surface area contributed by atoms with E-state index in [1.807, 2.05) is 0 Å². The number of rotatable bonds is 11. The van der Waals surface area contributed by atoms with Gasteiger partial charge in [-0.3, -0.25) is 0 Å². The second-order valence-corrected chi connectivity index (χ2v) is 6.19. The Morgan fingerprint density at radius 1 is 0.842 bits per heavy atom. The zero-order valence-electron chi connectivity index (χ0n) is 13.4. The lowest BCUT2D eigenvalue weighted by Gasteiger charge is -2.32. The average Bonchev–Trinajstić information content (AvgIpc) is 2.45. The summed E-state index contributed by atoms with van der Waals surface area (Å²) in [6.07, 6.45) is 14.0. The van der Waals surface area contributed by atoms with Crippen molar-refractivity contribution in [3.8, 4) is 0 Å². The Hall–Kier alpha value is -0.0800. The number of unbranched alkanes of at least 4 members (excludes halogenated alkanes) is 6. The lowest BCUT2D eigenvalue weighted by molar-refractivity contribution is 0.194. The number of nitrogens with one attached hydrogen (secondary N) is 1. The first-order chi connectivity index (χ1) is 9.36. The summed E-state index contributed by atoms with van der Waals surface area (Å²) in [4.78, 5) is 2.68. The molecule has 2 heteroatoms. The smallest absolute Gasteiger partial charge is 0.00914 e. The normalized spacial score (nSPS) is 18.0. The minimum absolute atomic E-state index is 0.797. The van der Waals surface area contributed by atoms with E-state index in [9.17, 15) is 0 Å². The molecule has 1 aliphatic heterocycles. The summed E-state index contributed by atoms with van der Waals surface area (Å²) in [5, 5.41) is 3.66. The van der Waals surface area contributed by atoms with E-state index in [0.29, 0.717) is 0 Å². The molecule has 1 heterocycles. The Kier molecular flexibility index (Phi) is 10.5. The van der Waals surface area contributed by atoms with Crippen LogP contribution in [0.4, 0.5) is 0 Å². The largest absolute Gasteiger partial charge is 0.314 e. The summed E-state index contributed by atoms with van der Waals surface area (Å²) in [6, 6.07) is 0.797. The lowest BCUT2D eigenvalue weighted by Crippen LogP contribution is -2.42. The van der Waals surface area contributed by atoms with Crippen LogP contribution >= 0.6 is 0 Å². The Balaban J connectivity index is 1.89. The molecular weight excluding hydrogens is 232 g/mol. The molecule has 1 rings (SSSR count). The monoisotopic (exact) mass is 268 g/mol. The van der Waals surface area contributed by atoms with E-state index in [1.165, 1.54) is 90.4 Å². The number of piperidine rings is 1. The first-order valence-electron chi connectivity index (χ1n) is 8.82. The van der Waals surface area contributed by atoms with Crippen LogP contribution in [0.25, 0.3) is 0 Å². The van der Waals surface area contributed by atoms with E-state index in [-0.39, 0.29) is 0 Å². The summed E-state index contributed by atoms with van der Waals surface area (Å²) in [5.41, 5.74) is 0. The predicted octanol–water partition coefficient (Wildman–Crippen LogP) is 4.20. The van der Waals surface area contributed by atoms with E-state index in [1.54, 1.807) is 0 Å². The second kappa shape index (κ2) is 11.7. The molecule has 0 spiro atoms. The number of likely N-dealkylation sites (tertiary alicyclic amines) is 1. The van der Waals surface area contributed by atoms with Gasteiger partial charge >= 0.3 is 0 Å². The Labute approximate surface area is 121 Å². The van der Waals surface area contributed by atoms with Gasteiger partial charge in [-0.1, -0.05) is 52.4 Å². The molecular formula is C17H36N2. The fourth-order valence-electron chi connectivity index (χ4n) is 3.00. The van der Waals surface area contributed by atoms with Crippen molar-refractivity contribution in [3.63, 3.8) is 0 Å². The molecule has 0 bridgehead atoms. The first kappa shape index (κ1) is 17.0. The van der Waals surface area contributed by atoms with Crippen LogP contribution in [0.2, 0.25) is 0 Å². The molecule has 0 aromatic rings. The zero-order chi connectivity index (χ0) is 13.8. The van der Waals surface area contributed by atoms with Gasteiger partial charge in [0.05, 0.1) is 0 Å². The SMILES string of the molecule is CCCCCCCCCN1CCC(NCCC)CC1. The first-order valence-corrected chi connectivity index (χ1v) is 8.82. The van der Waals surface area contributed by atoms with Gasteiger partial charge in [0.25, 0.3) is 0 Å². The van der Waals surface area contributed by atoms with E-state index in [0.717, 1.165) is 6.04 Å². The van der Waals surface area contributed by atoms with Crippen LogP contribution in [0.15, 0.2) is 0 Å². The van der Waals surface area contributed by atoms with Crippen molar-refractivity contribution in [2.75, 3.05) is 26.2 Å². The fraction of sp³-hybridized carbons (Fsp3) is 1.00. The highest BCUT2D eigenvalue weighted by Crippen LogP contribution is 2.12. The van der Waals surface area contributed by atoms with Crippen LogP contribution in [0.3, 0.4) is 0 Å². The van der Waals surface area contributed by atoms with Gasteiger partial charge < -0.3 is 10.2 Å². The van der Waals surface area contributed by atoms with Crippen molar-refractivity contribution in [2.45, 2.75) is 84.1 Å². The topological polar surface area (TPSA) is 15.3 Å². The molecule has 1 aliphatic rings. The number of hydrogen-bond donors (Lipinski definition) is 1. The molecule has 19 heavy (non-hydrogen) atoms. The van der Waals surface area contributed by atoms with Gasteiger partial charge in [0.15, 0.2) is 0 Å². The van der Waals surface area contributed by atoms with Crippen molar-refractivity contribution < 1.29 is 0 Å². The van der Waals surface area contributed by atoms with Gasteiger partial charge in [0.1, 0.15) is 0 Å². The van der Waals surface area contributed by atoms with Gasteiger partial charge in [0, 0.05) is 6.04 Å². The third kappa shape index (κ3) is 8.65. The van der Waals surface area contributed by atoms with E-state index >= 15 is 0 Å². The third-order valence-electron chi connectivity index (χ3n) is 4.35. The molecule has 0 unspecified atom stereocenters. The number of nitrogens with zero attached hydrogens (tertiary/aromatic N) is 1. The minimum Gasteiger partial charge on any atom is -0.314 e.